The van der Waals surface area contributed by atoms with Gasteiger partial charge in [-0.1, -0.05) is 19.3 Å². The minimum absolute atomic E-state index is 0.0331. The Morgan fingerprint density at radius 1 is 1.37 bits per heavy atom. The van der Waals surface area contributed by atoms with Crippen molar-refractivity contribution in [2.45, 2.75) is 56.9 Å². The maximum absolute atomic E-state index is 14.9. The molecule has 2 aromatic rings. The van der Waals surface area contributed by atoms with E-state index in [9.17, 15) is 14.4 Å². The number of amides is 1. The maximum Gasteiger partial charge on any atom is 0.251 e. The number of ether oxygens (including phenoxy) is 1. The highest BCUT2D eigenvalue weighted by Crippen LogP contribution is 2.32. The lowest BCUT2D eigenvalue weighted by Crippen LogP contribution is -2.54. The molecule has 2 fully saturated rings. The normalized spacial score (nSPS) is 23.7. The van der Waals surface area contributed by atoms with Crippen LogP contribution in [0.15, 0.2) is 24.5 Å². The molecule has 0 spiro atoms. The van der Waals surface area contributed by atoms with Crippen molar-refractivity contribution in [1.82, 2.24) is 15.3 Å². The third kappa shape index (κ3) is 4.21. The first-order chi connectivity index (χ1) is 14.5. The van der Waals surface area contributed by atoms with Gasteiger partial charge in [0.15, 0.2) is 11.8 Å². The summed E-state index contributed by atoms with van der Waals surface area (Å²) in [4.78, 5) is 23.4. The number of carbonyl (C=O) groups is 1. The molecule has 1 N–H and O–H groups in total. The largest absolute Gasteiger partial charge is 0.364 e. The van der Waals surface area contributed by atoms with E-state index in [1.165, 1.54) is 0 Å². The fourth-order valence-electron chi connectivity index (χ4n) is 4.41. The molecule has 0 aromatic carbocycles. The second-order valence-corrected chi connectivity index (χ2v) is 8.27. The van der Waals surface area contributed by atoms with Gasteiger partial charge in [0, 0.05) is 18.1 Å². The van der Waals surface area contributed by atoms with Crippen molar-refractivity contribution in [3.05, 3.63) is 30.2 Å². The zero-order chi connectivity index (χ0) is 21.1. The van der Waals surface area contributed by atoms with Crippen LogP contribution in [0.25, 0.3) is 10.9 Å². The summed E-state index contributed by atoms with van der Waals surface area (Å²) in [6, 6.07) is 5.78. The van der Waals surface area contributed by atoms with Gasteiger partial charge in [-0.05, 0) is 31.9 Å². The van der Waals surface area contributed by atoms with E-state index in [-0.39, 0.29) is 24.2 Å². The van der Waals surface area contributed by atoms with Gasteiger partial charge in [0.05, 0.1) is 31.1 Å². The third-order valence-corrected chi connectivity index (χ3v) is 5.95. The molecule has 2 aliphatic rings. The fourth-order valence-corrected chi connectivity index (χ4v) is 4.41. The second kappa shape index (κ2) is 8.52. The molecule has 4 rings (SSSR count). The van der Waals surface area contributed by atoms with Crippen molar-refractivity contribution < 1.29 is 13.9 Å². The zero-order valence-corrected chi connectivity index (χ0v) is 17.1. The summed E-state index contributed by atoms with van der Waals surface area (Å²) < 4.78 is 20.7. The minimum atomic E-state index is -1.31. The Morgan fingerprint density at radius 3 is 2.93 bits per heavy atom. The number of alkyl halides is 1. The first-order valence-corrected chi connectivity index (χ1v) is 10.5. The summed E-state index contributed by atoms with van der Waals surface area (Å²) in [6.45, 7) is 2.84. The average Bonchev–Trinajstić information content (AvgIpc) is 2.77. The molecule has 8 heteroatoms. The van der Waals surface area contributed by atoms with Crippen LogP contribution in [0, 0.1) is 11.3 Å². The van der Waals surface area contributed by atoms with Gasteiger partial charge in [0.1, 0.15) is 17.3 Å². The number of halogens is 1. The molecule has 3 heterocycles. The van der Waals surface area contributed by atoms with Crippen LogP contribution in [0.2, 0.25) is 0 Å². The molecule has 30 heavy (non-hydrogen) atoms. The highest BCUT2D eigenvalue weighted by Gasteiger charge is 2.35. The number of rotatable bonds is 4. The number of morpholine rings is 1. The summed E-state index contributed by atoms with van der Waals surface area (Å²) in [7, 11) is 0. The maximum atomic E-state index is 14.9. The molecule has 158 valence electrons. The second-order valence-electron chi connectivity index (χ2n) is 8.27. The smallest absolute Gasteiger partial charge is 0.251 e. The number of hydrogen-bond acceptors (Lipinski definition) is 6. The molecule has 1 amide bonds. The van der Waals surface area contributed by atoms with Crippen LogP contribution in [-0.2, 0) is 9.53 Å². The molecular weight excluding hydrogens is 385 g/mol. The summed E-state index contributed by atoms with van der Waals surface area (Å²) in [5, 5.41) is 12.9. The SMILES string of the molecule is CC1CN(c2cnc(C#N)c3ncccc23)CC(C(=O)NCC2(F)CCCCC2)O1. The van der Waals surface area contributed by atoms with Crippen molar-refractivity contribution in [2.24, 2.45) is 0 Å². The number of anilines is 1. The zero-order valence-electron chi connectivity index (χ0n) is 17.1. The summed E-state index contributed by atoms with van der Waals surface area (Å²) in [6.07, 6.45) is 6.16. The number of nitriles is 1. The molecule has 1 saturated heterocycles. The van der Waals surface area contributed by atoms with Crippen molar-refractivity contribution >= 4 is 22.5 Å². The van der Waals surface area contributed by atoms with E-state index in [4.69, 9.17) is 4.74 Å². The van der Waals surface area contributed by atoms with Crippen LogP contribution in [0.1, 0.15) is 44.7 Å². The molecule has 1 aliphatic carbocycles. The van der Waals surface area contributed by atoms with E-state index in [1.54, 1.807) is 12.4 Å². The lowest BCUT2D eigenvalue weighted by atomic mass is 9.86. The molecular formula is C22H26FN5O2. The van der Waals surface area contributed by atoms with Gasteiger partial charge in [-0.15, -0.1) is 0 Å². The Bertz CT molecular complexity index is 970. The van der Waals surface area contributed by atoms with Gasteiger partial charge < -0.3 is 15.0 Å². The third-order valence-electron chi connectivity index (χ3n) is 5.95. The first kappa shape index (κ1) is 20.5. The molecule has 1 aliphatic heterocycles. The number of nitrogens with zero attached hydrogens (tertiary/aromatic N) is 4. The van der Waals surface area contributed by atoms with Crippen LogP contribution in [0.3, 0.4) is 0 Å². The number of hydrogen-bond donors (Lipinski definition) is 1. The van der Waals surface area contributed by atoms with Crippen LogP contribution in [0.4, 0.5) is 10.1 Å². The number of aromatic nitrogens is 2. The summed E-state index contributed by atoms with van der Waals surface area (Å²) >= 11 is 0. The predicted octanol–water partition coefficient (Wildman–Crippen LogP) is 2.88. The first-order valence-electron chi connectivity index (χ1n) is 10.5. The molecule has 0 bridgehead atoms. The van der Waals surface area contributed by atoms with E-state index >= 15 is 0 Å². The van der Waals surface area contributed by atoms with Crippen molar-refractivity contribution in [3.63, 3.8) is 0 Å². The Hall–Kier alpha value is -2.79. The van der Waals surface area contributed by atoms with Crippen molar-refractivity contribution in [2.75, 3.05) is 24.5 Å². The molecule has 2 atom stereocenters. The Morgan fingerprint density at radius 2 is 2.17 bits per heavy atom. The van der Waals surface area contributed by atoms with Gasteiger partial charge in [-0.25, -0.2) is 9.37 Å². The predicted molar refractivity (Wildman–Crippen MR) is 111 cm³/mol. The van der Waals surface area contributed by atoms with E-state index in [2.05, 4.69) is 21.4 Å². The molecule has 1 saturated carbocycles. The number of carbonyl (C=O) groups excluding carboxylic acids is 1. The van der Waals surface area contributed by atoms with Crippen LogP contribution in [-0.4, -0.2) is 53.4 Å². The number of nitrogens with one attached hydrogen (secondary N) is 1. The Balaban J connectivity index is 1.51. The Kier molecular flexibility index (Phi) is 5.82. The molecule has 7 nitrogen and oxygen atoms in total. The lowest BCUT2D eigenvalue weighted by Gasteiger charge is -2.38. The molecule has 2 aromatic heterocycles. The van der Waals surface area contributed by atoms with Crippen LogP contribution in [0.5, 0.6) is 0 Å². The summed E-state index contributed by atoms with van der Waals surface area (Å²) in [5.41, 5.74) is 0.298. The van der Waals surface area contributed by atoms with E-state index in [0.717, 1.165) is 30.3 Å². The van der Waals surface area contributed by atoms with E-state index in [0.29, 0.717) is 31.4 Å². The van der Waals surface area contributed by atoms with Crippen molar-refractivity contribution in [1.29, 1.82) is 5.26 Å². The van der Waals surface area contributed by atoms with Gasteiger partial charge in [0.2, 0.25) is 0 Å². The topological polar surface area (TPSA) is 91.1 Å². The molecule has 0 radical (unpaired) electrons. The number of pyridine rings is 2. The standard InChI is InChI=1S/C22H26FN5O2/c1-15-12-28(18-11-26-17(10-24)20-16(18)6-5-9-25-20)13-19(30-15)21(29)27-14-22(23)7-3-2-4-8-22/h5-6,9,11,15,19H,2-4,7-8,12-14H2,1H3,(H,27,29). The highest BCUT2D eigenvalue weighted by atomic mass is 19.1. The lowest BCUT2D eigenvalue weighted by molar-refractivity contribution is -0.138. The quantitative estimate of drug-likeness (QED) is 0.832. The molecule has 2 unspecified atom stereocenters. The summed E-state index contributed by atoms with van der Waals surface area (Å²) in [5.74, 6) is -0.293. The Labute approximate surface area is 175 Å². The average molecular weight is 411 g/mol. The van der Waals surface area contributed by atoms with Crippen molar-refractivity contribution in [3.8, 4) is 6.07 Å². The van der Waals surface area contributed by atoms with Gasteiger partial charge >= 0.3 is 0 Å². The number of fused-ring (bicyclic) bond motifs is 1. The monoisotopic (exact) mass is 411 g/mol. The van der Waals surface area contributed by atoms with E-state index < -0.39 is 11.8 Å². The van der Waals surface area contributed by atoms with Gasteiger partial charge in [-0.2, -0.15) is 5.26 Å². The van der Waals surface area contributed by atoms with E-state index in [1.807, 2.05) is 24.0 Å². The van der Waals surface area contributed by atoms with Gasteiger partial charge in [-0.3, -0.25) is 9.78 Å². The van der Waals surface area contributed by atoms with Crippen LogP contribution < -0.4 is 10.2 Å². The minimum Gasteiger partial charge on any atom is -0.364 e. The van der Waals surface area contributed by atoms with Gasteiger partial charge in [0.25, 0.3) is 5.91 Å². The highest BCUT2D eigenvalue weighted by molar-refractivity contribution is 5.94. The van der Waals surface area contributed by atoms with Crippen LogP contribution >= 0.6 is 0 Å². The fraction of sp³-hybridized carbons (Fsp3) is 0.545.